The van der Waals surface area contributed by atoms with E-state index in [4.69, 9.17) is 5.73 Å². The van der Waals surface area contributed by atoms with Crippen molar-refractivity contribution in [2.75, 3.05) is 0 Å². The second-order valence-electron chi connectivity index (χ2n) is 4.02. The highest BCUT2D eigenvalue weighted by atomic mass is 79.9. The number of halogens is 2. The molecular formula is C13H13BrFNS. The standard InChI is InChI=1S/C13H13BrFNS/c1-7-5-10(8(2)17-7)13(16)9-3-4-11(14)12(15)6-9/h3-6,13H,16H2,1-2H3. The van der Waals surface area contributed by atoms with E-state index in [1.807, 2.05) is 13.0 Å². The summed E-state index contributed by atoms with van der Waals surface area (Å²) in [5.41, 5.74) is 8.05. The highest BCUT2D eigenvalue weighted by molar-refractivity contribution is 9.10. The molecule has 4 heteroatoms. The predicted octanol–water partition coefficient (Wildman–Crippen LogP) is 4.31. The van der Waals surface area contributed by atoms with E-state index < -0.39 is 0 Å². The van der Waals surface area contributed by atoms with Gasteiger partial charge in [0.15, 0.2) is 0 Å². The van der Waals surface area contributed by atoms with E-state index in [-0.39, 0.29) is 11.9 Å². The Morgan fingerprint density at radius 2 is 2.00 bits per heavy atom. The van der Waals surface area contributed by atoms with Gasteiger partial charge in [0.05, 0.1) is 10.5 Å². The first-order valence-electron chi connectivity index (χ1n) is 5.26. The fourth-order valence-electron chi connectivity index (χ4n) is 1.84. The number of benzene rings is 1. The van der Waals surface area contributed by atoms with Crippen molar-refractivity contribution in [1.29, 1.82) is 0 Å². The number of hydrogen-bond donors (Lipinski definition) is 1. The smallest absolute Gasteiger partial charge is 0.137 e. The zero-order chi connectivity index (χ0) is 12.6. The molecule has 0 fully saturated rings. The molecule has 1 heterocycles. The van der Waals surface area contributed by atoms with Gasteiger partial charge in [-0.2, -0.15) is 0 Å². The Kier molecular flexibility index (Phi) is 3.66. The van der Waals surface area contributed by atoms with Crippen LogP contribution in [0.15, 0.2) is 28.7 Å². The fourth-order valence-corrected chi connectivity index (χ4v) is 3.06. The summed E-state index contributed by atoms with van der Waals surface area (Å²) < 4.78 is 13.9. The van der Waals surface area contributed by atoms with Crippen molar-refractivity contribution in [3.05, 3.63) is 55.4 Å². The van der Waals surface area contributed by atoms with Crippen LogP contribution in [0.2, 0.25) is 0 Å². The maximum absolute atomic E-state index is 13.5. The molecule has 0 aliphatic heterocycles. The first-order chi connectivity index (χ1) is 7.99. The third-order valence-corrected chi connectivity index (χ3v) is 4.34. The quantitative estimate of drug-likeness (QED) is 0.878. The van der Waals surface area contributed by atoms with Gasteiger partial charge in [0.25, 0.3) is 0 Å². The maximum atomic E-state index is 13.5. The minimum atomic E-state index is -0.275. The average Bonchev–Trinajstić information content (AvgIpc) is 2.61. The lowest BCUT2D eigenvalue weighted by Gasteiger charge is -2.12. The van der Waals surface area contributed by atoms with E-state index in [1.54, 1.807) is 17.4 Å². The molecule has 0 saturated heterocycles. The van der Waals surface area contributed by atoms with Crippen molar-refractivity contribution in [3.8, 4) is 0 Å². The van der Waals surface area contributed by atoms with Gasteiger partial charge in [-0.15, -0.1) is 11.3 Å². The number of aryl methyl sites for hydroxylation is 2. The van der Waals surface area contributed by atoms with E-state index in [0.717, 1.165) is 11.1 Å². The molecule has 1 atom stereocenters. The number of hydrogen-bond acceptors (Lipinski definition) is 2. The van der Waals surface area contributed by atoms with Crippen LogP contribution in [0, 0.1) is 19.7 Å². The molecule has 0 aliphatic carbocycles. The molecule has 2 aromatic rings. The van der Waals surface area contributed by atoms with Crippen LogP contribution < -0.4 is 5.73 Å². The van der Waals surface area contributed by atoms with Crippen LogP contribution in [0.4, 0.5) is 4.39 Å². The Bertz CT molecular complexity index is 550. The third kappa shape index (κ3) is 2.59. The second-order valence-corrected chi connectivity index (χ2v) is 6.33. The van der Waals surface area contributed by atoms with Crippen LogP contribution >= 0.6 is 27.3 Å². The van der Waals surface area contributed by atoms with E-state index in [0.29, 0.717) is 4.47 Å². The minimum Gasteiger partial charge on any atom is -0.320 e. The van der Waals surface area contributed by atoms with Gasteiger partial charge in [-0.05, 0) is 59.1 Å². The predicted molar refractivity (Wildman–Crippen MR) is 73.9 cm³/mol. The molecule has 1 unspecified atom stereocenters. The monoisotopic (exact) mass is 313 g/mol. The highest BCUT2D eigenvalue weighted by Gasteiger charge is 2.15. The lowest BCUT2D eigenvalue weighted by molar-refractivity contribution is 0.617. The summed E-state index contributed by atoms with van der Waals surface area (Å²) in [7, 11) is 0. The lowest BCUT2D eigenvalue weighted by Crippen LogP contribution is -2.12. The average molecular weight is 314 g/mol. The van der Waals surface area contributed by atoms with Gasteiger partial charge in [-0.25, -0.2) is 4.39 Å². The van der Waals surface area contributed by atoms with Gasteiger partial charge < -0.3 is 5.73 Å². The number of nitrogens with two attached hydrogens (primary N) is 1. The first kappa shape index (κ1) is 12.7. The van der Waals surface area contributed by atoms with Gasteiger partial charge in [-0.3, -0.25) is 0 Å². The zero-order valence-corrected chi connectivity index (χ0v) is 12.0. The molecule has 1 aromatic heterocycles. The number of thiophene rings is 1. The summed E-state index contributed by atoms with van der Waals surface area (Å²) in [6, 6.07) is 6.84. The summed E-state index contributed by atoms with van der Waals surface area (Å²) in [6.07, 6.45) is 0. The molecule has 1 nitrogen and oxygen atoms in total. The van der Waals surface area contributed by atoms with Crippen LogP contribution in [-0.4, -0.2) is 0 Å². The molecule has 0 spiro atoms. The Morgan fingerprint density at radius 1 is 1.29 bits per heavy atom. The van der Waals surface area contributed by atoms with Gasteiger partial charge in [0, 0.05) is 9.75 Å². The zero-order valence-electron chi connectivity index (χ0n) is 9.63. The molecule has 0 bridgehead atoms. The van der Waals surface area contributed by atoms with Crippen molar-refractivity contribution >= 4 is 27.3 Å². The largest absolute Gasteiger partial charge is 0.320 e. The van der Waals surface area contributed by atoms with E-state index in [2.05, 4.69) is 28.9 Å². The first-order valence-corrected chi connectivity index (χ1v) is 6.87. The van der Waals surface area contributed by atoms with Gasteiger partial charge in [-0.1, -0.05) is 6.07 Å². The molecule has 0 radical (unpaired) electrons. The van der Waals surface area contributed by atoms with E-state index in [9.17, 15) is 4.39 Å². The van der Waals surface area contributed by atoms with Crippen LogP contribution in [0.5, 0.6) is 0 Å². The maximum Gasteiger partial charge on any atom is 0.137 e. The van der Waals surface area contributed by atoms with Crippen molar-refractivity contribution in [1.82, 2.24) is 0 Å². The third-order valence-electron chi connectivity index (χ3n) is 2.72. The van der Waals surface area contributed by atoms with Gasteiger partial charge >= 0.3 is 0 Å². The molecule has 0 saturated carbocycles. The summed E-state index contributed by atoms with van der Waals surface area (Å²) in [5.74, 6) is -0.275. The Morgan fingerprint density at radius 3 is 2.53 bits per heavy atom. The normalized spacial score (nSPS) is 12.8. The molecule has 90 valence electrons. The van der Waals surface area contributed by atoms with Crippen molar-refractivity contribution in [2.24, 2.45) is 5.73 Å². The molecule has 0 aliphatic rings. The lowest BCUT2D eigenvalue weighted by atomic mass is 10.00. The van der Waals surface area contributed by atoms with Crippen LogP contribution in [-0.2, 0) is 0 Å². The van der Waals surface area contributed by atoms with Crippen LogP contribution in [0.3, 0.4) is 0 Å². The Labute approximate surface area is 113 Å². The molecular weight excluding hydrogens is 301 g/mol. The summed E-state index contributed by atoms with van der Waals surface area (Å²) in [4.78, 5) is 2.42. The molecule has 2 N–H and O–H groups in total. The second kappa shape index (κ2) is 4.88. The van der Waals surface area contributed by atoms with Gasteiger partial charge in [0.1, 0.15) is 5.82 Å². The highest BCUT2D eigenvalue weighted by Crippen LogP contribution is 2.30. The van der Waals surface area contributed by atoms with E-state index in [1.165, 1.54) is 15.8 Å². The van der Waals surface area contributed by atoms with Crippen LogP contribution in [0.1, 0.15) is 26.9 Å². The fraction of sp³-hybridized carbons (Fsp3) is 0.231. The molecule has 1 aromatic carbocycles. The van der Waals surface area contributed by atoms with Crippen LogP contribution in [0.25, 0.3) is 0 Å². The minimum absolute atomic E-state index is 0.262. The Balaban J connectivity index is 2.40. The molecule has 0 amide bonds. The Hall–Kier alpha value is -0.710. The van der Waals surface area contributed by atoms with Gasteiger partial charge in [0.2, 0.25) is 0 Å². The van der Waals surface area contributed by atoms with Crippen molar-refractivity contribution in [3.63, 3.8) is 0 Å². The van der Waals surface area contributed by atoms with Crippen molar-refractivity contribution in [2.45, 2.75) is 19.9 Å². The SMILES string of the molecule is Cc1cc(C(N)c2ccc(Br)c(F)c2)c(C)s1. The number of rotatable bonds is 2. The summed E-state index contributed by atoms with van der Waals surface area (Å²) in [5, 5.41) is 0. The summed E-state index contributed by atoms with van der Waals surface area (Å²) in [6.45, 7) is 4.10. The topological polar surface area (TPSA) is 26.0 Å². The van der Waals surface area contributed by atoms with E-state index >= 15 is 0 Å². The summed E-state index contributed by atoms with van der Waals surface area (Å²) >= 11 is 4.86. The molecule has 2 rings (SSSR count). The molecule has 17 heavy (non-hydrogen) atoms. The van der Waals surface area contributed by atoms with Crippen molar-refractivity contribution < 1.29 is 4.39 Å².